The molecule has 5 nitrogen and oxygen atoms in total. The minimum atomic E-state index is -0.393. The molecule has 0 atom stereocenters. The van der Waals surface area contributed by atoms with Gasteiger partial charge in [-0.05, 0) is 60.1 Å². The average Bonchev–Trinajstić information content (AvgIpc) is 3.10. The summed E-state index contributed by atoms with van der Waals surface area (Å²) in [5.74, 6) is 0.135. The fourth-order valence-corrected chi connectivity index (χ4v) is 3.46. The molecule has 8 heteroatoms. The van der Waals surface area contributed by atoms with E-state index in [9.17, 15) is 4.79 Å². The summed E-state index contributed by atoms with van der Waals surface area (Å²) in [4.78, 5) is 12.5. The molecule has 2 aromatic heterocycles. The van der Waals surface area contributed by atoms with Gasteiger partial charge in [0, 0.05) is 45.7 Å². The quantitative estimate of drug-likeness (QED) is 0.268. The molecule has 0 aliphatic carbocycles. The molecule has 1 N–H and O–H groups in total. The lowest BCUT2D eigenvalue weighted by molar-refractivity contribution is 0.0955. The molecule has 134 valence electrons. The van der Waals surface area contributed by atoms with Gasteiger partial charge in [0.25, 0.3) is 5.91 Å². The van der Waals surface area contributed by atoms with Gasteiger partial charge in [0.1, 0.15) is 5.76 Å². The Labute approximate surface area is 177 Å². The number of hydrazone groups is 1. The number of rotatable bonds is 4. The molecule has 2 heterocycles. The van der Waals surface area contributed by atoms with Gasteiger partial charge in [-0.15, -0.1) is 0 Å². The van der Waals surface area contributed by atoms with E-state index in [0.717, 1.165) is 21.5 Å². The van der Waals surface area contributed by atoms with Crippen LogP contribution in [0, 0.1) is 17.6 Å². The van der Waals surface area contributed by atoms with E-state index in [-0.39, 0.29) is 0 Å². The highest BCUT2D eigenvalue weighted by Crippen LogP contribution is 2.23. The number of amides is 1. The molecule has 3 aromatic rings. The first-order chi connectivity index (χ1) is 12.4. The van der Waals surface area contributed by atoms with Gasteiger partial charge in [0.05, 0.1) is 21.3 Å². The normalized spacial score (nSPS) is 11.3. The number of benzene rings is 1. The van der Waals surface area contributed by atoms with Gasteiger partial charge in [0.15, 0.2) is 3.77 Å². The Morgan fingerprint density at radius 2 is 1.96 bits per heavy atom. The fourth-order valence-electron chi connectivity index (χ4n) is 2.54. The summed E-state index contributed by atoms with van der Waals surface area (Å²) in [5, 5.41) is 4.29. The van der Waals surface area contributed by atoms with Crippen molar-refractivity contribution in [1.29, 1.82) is 0 Å². The fraction of sp³-hybridized carbons (Fsp3) is 0.111. The second-order valence-corrected chi connectivity index (χ2v) is 7.83. The Hall–Kier alpha value is -1.58. The second kappa shape index (κ2) is 7.98. The van der Waals surface area contributed by atoms with E-state index >= 15 is 0 Å². The van der Waals surface area contributed by atoms with Crippen molar-refractivity contribution < 1.29 is 9.21 Å². The van der Waals surface area contributed by atoms with Crippen LogP contribution in [-0.4, -0.2) is 16.7 Å². The standard InChI is InChI=1S/C18H14BrClIN3O2/c1-10-3-4-11(2)24(10)12-5-6-16(20)14(7-12)18(25)23-22-9-13-8-15(19)17(21)26-13/h3-9H,1-2H3,(H,23,25). The Bertz CT molecular complexity index is 971. The summed E-state index contributed by atoms with van der Waals surface area (Å²) < 4.78 is 9.03. The molecule has 3 rings (SSSR count). The van der Waals surface area contributed by atoms with Crippen molar-refractivity contribution in [2.45, 2.75) is 13.8 Å². The predicted molar refractivity (Wildman–Crippen MR) is 114 cm³/mol. The first-order valence-electron chi connectivity index (χ1n) is 7.60. The zero-order valence-corrected chi connectivity index (χ0v) is 18.4. The van der Waals surface area contributed by atoms with Crippen LogP contribution in [0.25, 0.3) is 5.69 Å². The number of hydrogen-bond donors (Lipinski definition) is 1. The van der Waals surface area contributed by atoms with Crippen LogP contribution in [0.5, 0.6) is 0 Å². The molecule has 0 aliphatic rings. The van der Waals surface area contributed by atoms with Crippen molar-refractivity contribution in [1.82, 2.24) is 9.99 Å². The summed E-state index contributed by atoms with van der Waals surface area (Å²) in [7, 11) is 0. The summed E-state index contributed by atoms with van der Waals surface area (Å²) in [6.45, 7) is 4.02. The van der Waals surface area contributed by atoms with Crippen LogP contribution in [0.4, 0.5) is 0 Å². The predicted octanol–water partition coefficient (Wildman–Crippen LogP) is 5.47. The summed E-state index contributed by atoms with van der Waals surface area (Å²) in [6, 6.07) is 11.2. The molecule has 1 amide bonds. The minimum absolute atomic E-state index is 0.351. The summed E-state index contributed by atoms with van der Waals surface area (Å²) in [5.41, 5.74) is 5.85. The minimum Gasteiger partial charge on any atom is -0.448 e. The van der Waals surface area contributed by atoms with Gasteiger partial charge in [-0.1, -0.05) is 11.6 Å². The van der Waals surface area contributed by atoms with E-state index < -0.39 is 5.91 Å². The highest BCUT2D eigenvalue weighted by atomic mass is 127. The van der Waals surface area contributed by atoms with Crippen molar-refractivity contribution in [3.63, 3.8) is 0 Å². The first-order valence-corrected chi connectivity index (χ1v) is 9.85. The largest absolute Gasteiger partial charge is 0.448 e. The van der Waals surface area contributed by atoms with Crippen LogP contribution in [-0.2, 0) is 0 Å². The van der Waals surface area contributed by atoms with E-state index in [0.29, 0.717) is 20.1 Å². The number of nitrogens with one attached hydrogen (secondary N) is 1. The molecule has 0 spiro atoms. The maximum absolute atomic E-state index is 12.5. The third kappa shape index (κ3) is 4.05. The summed E-state index contributed by atoms with van der Waals surface area (Å²) >= 11 is 11.6. The maximum atomic E-state index is 12.5. The molecule has 0 unspecified atom stereocenters. The Balaban J connectivity index is 1.82. The smallest absolute Gasteiger partial charge is 0.272 e. The van der Waals surface area contributed by atoms with Crippen LogP contribution >= 0.6 is 50.1 Å². The van der Waals surface area contributed by atoms with E-state index in [1.54, 1.807) is 18.2 Å². The molecular formula is C18H14BrClIN3O2. The lowest BCUT2D eigenvalue weighted by atomic mass is 10.2. The van der Waals surface area contributed by atoms with Gasteiger partial charge in [-0.2, -0.15) is 5.10 Å². The van der Waals surface area contributed by atoms with Gasteiger partial charge >= 0.3 is 0 Å². The molecule has 0 aliphatic heterocycles. The third-order valence-electron chi connectivity index (χ3n) is 3.75. The number of nitrogens with zero attached hydrogens (tertiary/aromatic N) is 2. The molecule has 0 radical (unpaired) electrons. The van der Waals surface area contributed by atoms with Crippen LogP contribution in [0.1, 0.15) is 27.5 Å². The number of furan rings is 1. The van der Waals surface area contributed by atoms with Crippen molar-refractivity contribution in [2.75, 3.05) is 0 Å². The van der Waals surface area contributed by atoms with Crippen molar-refractivity contribution in [3.05, 3.63) is 72.4 Å². The number of carbonyl (C=O) groups excluding carboxylic acids is 1. The molecular weight excluding hydrogens is 532 g/mol. The van der Waals surface area contributed by atoms with E-state index in [2.05, 4.69) is 53.6 Å². The molecule has 26 heavy (non-hydrogen) atoms. The van der Waals surface area contributed by atoms with Crippen LogP contribution in [0.3, 0.4) is 0 Å². The molecule has 0 fully saturated rings. The van der Waals surface area contributed by atoms with Gasteiger partial charge < -0.3 is 8.98 Å². The van der Waals surface area contributed by atoms with Crippen molar-refractivity contribution in [3.8, 4) is 5.69 Å². The SMILES string of the molecule is Cc1ccc(C)n1-c1ccc(Cl)c(C(=O)NN=Cc2cc(Br)c(I)o2)c1. The topological polar surface area (TPSA) is 59.5 Å². The number of carbonyl (C=O) groups is 1. The zero-order chi connectivity index (χ0) is 18.8. The lowest BCUT2D eigenvalue weighted by Crippen LogP contribution is -2.18. The van der Waals surface area contributed by atoms with Crippen molar-refractivity contribution in [2.24, 2.45) is 5.10 Å². The molecule has 0 saturated carbocycles. The maximum Gasteiger partial charge on any atom is 0.272 e. The highest BCUT2D eigenvalue weighted by molar-refractivity contribution is 14.1. The van der Waals surface area contributed by atoms with Crippen molar-refractivity contribution >= 4 is 62.2 Å². The Morgan fingerprint density at radius 1 is 1.27 bits per heavy atom. The van der Waals surface area contributed by atoms with Crippen LogP contribution in [0.15, 0.2) is 50.4 Å². The zero-order valence-electron chi connectivity index (χ0n) is 13.9. The van der Waals surface area contributed by atoms with E-state index in [4.69, 9.17) is 16.0 Å². The monoisotopic (exact) mass is 545 g/mol. The van der Waals surface area contributed by atoms with Crippen LogP contribution in [0.2, 0.25) is 5.02 Å². The average molecular weight is 547 g/mol. The highest BCUT2D eigenvalue weighted by Gasteiger charge is 2.13. The van der Waals surface area contributed by atoms with Crippen LogP contribution < -0.4 is 5.43 Å². The number of aromatic nitrogens is 1. The van der Waals surface area contributed by atoms with E-state index in [1.165, 1.54) is 6.21 Å². The summed E-state index contributed by atoms with van der Waals surface area (Å²) in [6.07, 6.45) is 1.43. The number of hydrogen-bond acceptors (Lipinski definition) is 3. The van der Waals surface area contributed by atoms with Gasteiger partial charge in [0.2, 0.25) is 0 Å². The molecule has 0 bridgehead atoms. The van der Waals surface area contributed by atoms with Gasteiger partial charge in [-0.25, -0.2) is 5.43 Å². The number of halogens is 3. The lowest BCUT2D eigenvalue weighted by Gasteiger charge is -2.11. The molecule has 1 aromatic carbocycles. The third-order valence-corrected chi connectivity index (χ3v) is 6.21. The second-order valence-electron chi connectivity index (χ2n) is 5.59. The Kier molecular flexibility index (Phi) is 5.89. The number of aryl methyl sites for hydroxylation is 2. The van der Waals surface area contributed by atoms with Gasteiger partial charge in [-0.3, -0.25) is 4.79 Å². The first kappa shape index (κ1) is 19.2. The molecule has 0 saturated heterocycles. The van der Waals surface area contributed by atoms with E-state index in [1.807, 2.05) is 32.0 Å². The Morgan fingerprint density at radius 3 is 2.58 bits per heavy atom.